The molecule has 0 fully saturated rings. The van der Waals surface area contributed by atoms with Gasteiger partial charge in [-0.3, -0.25) is 9.78 Å². The second kappa shape index (κ2) is 9.18. The van der Waals surface area contributed by atoms with E-state index in [9.17, 15) is 9.59 Å². The predicted octanol–water partition coefficient (Wildman–Crippen LogP) is 4.08. The smallest absolute Gasteiger partial charge is 0.254 e. The zero-order valence-corrected chi connectivity index (χ0v) is 16.5. The van der Waals surface area contributed by atoms with Gasteiger partial charge in [-0.05, 0) is 48.2 Å². The number of carbonyl (C=O) groups excluding carboxylic acids is 2. The molecule has 0 saturated carbocycles. The lowest BCUT2D eigenvalue weighted by atomic mass is 10.0. The molecule has 1 N–H and O–H groups in total. The van der Waals surface area contributed by atoms with E-state index in [0.29, 0.717) is 24.3 Å². The lowest BCUT2D eigenvalue weighted by molar-refractivity contribution is -0.109. The lowest BCUT2D eigenvalue weighted by Gasteiger charge is -2.15. The number of hydrogen-bond donors (Lipinski definition) is 1. The maximum atomic E-state index is 13.0. The molecular formula is C25H22N2O3. The fourth-order valence-corrected chi connectivity index (χ4v) is 3.47. The van der Waals surface area contributed by atoms with Gasteiger partial charge in [0.25, 0.3) is 5.91 Å². The van der Waals surface area contributed by atoms with Gasteiger partial charge in [0, 0.05) is 11.8 Å². The third kappa shape index (κ3) is 4.63. The number of hydrogen-bond acceptors (Lipinski definition) is 4. The van der Waals surface area contributed by atoms with E-state index in [4.69, 9.17) is 4.74 Å². The second-order valence-electron chi connectivity index (χ2n) is 7.13. The van der Waals surface area contributed by atoms with Crippen LogP contribution in [0.2, 0.25) is 0 Å². The van der Waals surface area contributed by atoms with Gasteiger partial charge in [0.1, 0.15) is 12.0 Å². The summed E-state index contributed by atoms with van der Waals surface area (Å²) in [7, 11) is 0. The van der Waals surface area contributed by atoms with Crippen molar-refractivity contribution in [3.63, 3.8) is 0 Å². The molecule has 1 atom stereocenters. The Morgan fingerprint density at radius 1 is 1.07 bits per heavy atom. The van der Waals surface area contributed by atoms with Crippen molar-refractivity contribution in [2.45, 2.75) is 18.9 Å². The van der Waals surface area contributed by atoms with E-state index >= 15 is 0 Å². The Bertz CT molecular complexity index is 1090. The minimum atomic E-state index is -0.630. The first kappa shape index (κ1) is 19.6. The number of fused-ring (bicyclic) bond motifs is 6. The third-order valence-corrected chi connectivity index (χ3v) is 4.91. The third-order valence-electron chi connectivity index (χ3n) is 4.91. The van der Waals surface area contributed by atoms with E-state index in [1.54, 1.807) is 18.3 Å². The Morgan fingerprint density at radius 3 is 2.87 bits per heavy atom. The highest BCUT2D eigenvalue weighted by molar-refractivity contribution is 6.01. The fraction of sp³-hybridized carbons (Fsp3) is 0.160. The van der Waals surface area contributed by atoms with E-state index in [1.165, 1.54) is 0 Å². The molecule has 1 aliphatic rings. The molecule has 0 radical (unpaired) electrons. The quantitative estimate of drug-likeness (QED) is 0.627. The number of aromatic nitrogens is 1. The number of amides is 1. The first-order chi connectivity index (χ1) is 14.7. The summed E-state index contributed by atoms with van der Waals surface area (Å²) in [6, 6.07) is 18.3. The average Bonchev–Trinajstić information content (AvgIpc) is 2.78. The molecule has 3 aromatic rings. The van der Waals surface area contributed by atoms with Gasteiger partial charge >= 0.3 is 0 Å². The second-order valence-corrected chi connectivity index (χ2v) is 7.13. The number of rotatable bonds is 1. The van der Waals surface area contributed by atoms with Crippen LogP contribution < -0.4 is 10.1 Å². The van der Waals surface area contributed by atoms with E-state index < -0.39 is 6.04 Å². The van der Waals surface area contributed by atoms with Crippen LogP contribution in [0.3, 0.4) is 0 Å². The first-order valence-electron chi connectivity index (χ1n) is 9.93. The van der Waals surface area contributed by atoms with Gasteiger partial charge in [-0.1, -0.05) is 48.6 Å². The molecule has 1 aromatic heterocycles. The van der Waals surface area contributed by atoms with Crippen molar-refractivity contribution >= 4 is 18.3 Å². The minimum absolute atomic E-state index is 0.332. The van der Waals surface area contributed by atoms with Crippen LogP contribution >= 0.6 is 0 Å². The predicted molar refractivity (Wildman–Crippen MR) is 116 cm³/mol. The van der Waals surface area contributed by atoms with Crippen LogP contribution in [-0.2, 0) is 11.2 Å². The Morgan fingerprint density at radius 2 is 1.97 bits per heavy atom. The number of pyridine rings is 1. The summed E-state index contributed by atoms with van der Waals surface area (Å²) in [6.45, 7) is 0.544. The molecule has 0 aliphatic carbocycles. The van der Waals surface area contributed by atoms with E-state index in [2.05, 4.69) is 16.4 Å². The van der Waals surface area contributed by atoms with Gasteiger partial charge in [-0.15, -0.1) is 0 Å². The molecule has 0 saturated heterocycles. The van der Waals surface area contributed by atoms with Crippen molar-refractivity contribution < 1.29 is 14.3 Å². The number of benzene rings is 2. The number of nitrogens with one attached hydrogen (secondary N) is 1. The topological polar surface area (TPSA) is 68.3 Å². The van der Waals surface area contributed by atoms with Crippen molar-refractivity contribution in [1.29, 1.82) is 0 Å². The van der Waals surface area contributed by atoms with E-state index in [-0.39, 0.29) is 5.91 Å². The Hall–Kier alpha value is -3.73. The molecule has 150 valence electrons. The van der Waals surface area contributed by atoms with Gasteiger partial charge in [0.05, 0.1) is 23.9 Å². The Balaban J connectivity index is 1.73. The van der Waals surface area contributed by atoms with E-state index in [0.717, 1.165) is 35.1 Å². The molecule has 30 heavy (non-hydrogen) atoms. The van der Waals surface area contributed by atoms with Gasteiger partial charge in [-0.25, -0.2) is 0 Å². The number of aldehydes is 1. The number of nitrogens with zero attached hydrogens (tertiary/aromatic N) is 1. The first-order valence-corrected chi connectivity index (χ1v) is 9.93. The lowest BCUT2D eigenvalue weighted by Crippen LogP contribution is -2.38. The van der Waals surface area contributed by atoms with Crippen molar-refractivity contribution in [1.82, 2.24) is 10.3 Å². The van der Waals surface area contributed by atoms with Crippen LogP contribution in [0.1, 0.15) is 27.9 Å². The van der Waals surface area contributed by atoms with Gasteiger partial charge in [0.2, 0.25) is 0 Å². The molecule has 2 aromatic carbocycles. The molecule has 0 spiro atoms. The Kier molecular flexibility index (Phi) is 5.99. The van der Waals surface area contributed by atoms with Crippen molar-refractivity contribution in [3.05, 3.63) is 89.6 Å². The molecule has 4 bridgehead atoms. The summed E-state index contributed by atoms with van der Waals surface area (Å²) in [5.74, 6) is 0.386. The standard InChI is InChI=1S/C25H22N2O3/c28-17-21-15-19-8-3-7-18(14-19)6-1-2-13-30-22-10-4-9-20(16-22)24-23(25(29)27-21)11-5-12-26-24/h1,3-12,14,16-17,21H,2,13,15H2,(H,27,29)/b6-1+. The Labute approximate surface area is 175 Å². The van der Waals surface area contributed by atoms with Crippen molar-refractivity contribution in [3.8, 4) is 17.0 Å². The molecular weight excluding hydrogens is 376 g/mol. The number of ether oxygens (including phenoxy) is 1. The normalized spacial score (nSPS) is 17.6. The molecule has 5 nitrogen and oxygen atoms in total. The van der Waals surface area contributed by atoms with Crippen molar-refractivity contribution in [2.24, 2.45) is 0 Å². The molecule has 4 rings (SSSR count). The van der Waals surface area contributed by atoms with Crippen LogP contribution in [0.25, 0.3) is 17.3 Å². The van der Waals surface area contributed by atoms with Crippen LogP contribution in [-0.4, -0.2) is 29.8 Å². The van der Waals surface area contributed by atoms with E-state index in [1.807, 2.05) is 54.6 Å². The van der Waals surface area contributed by atoms with Crippen LogP contribution in [0.4, 0.5) is 0 Å². The zero-order valence-electron chi connectivity index (χ0n) is 16.5. The summed E-state index contributed by atoms with van der Waals surface area (Å²) in [4.78, 5) is 29.1. The van der Waals surface area contributed by atoms with Gasteiger partial charge in [0.15, 0.2) is 0 Å². The summed E-state index contributed by atoms with van der Waals surface area (Å²) in [5, 5.41) is 2.84. The van der Waals surface area contributed by atoms with Gasteiger partial charge < -0.3 is 14.8 Å². The molecule has 1 aliphatic heterocycles. The average molecular weight is 398 g/mol. The molecule has 5 heteroatoms. The van der Waals surface area contributed by atoms with Crippen LogP contribution in [0, 0.1) is 0 Å². The zero-order chi connectivity index (χ0) is 20.8. The van der Waals surface area contributed by atoms with Gasteiger partial charge in [-0.2, -0.15) is 0 Å². The SMILES string of the molecule is O=CC1Cc2cccc(c2)/C=C/CCOc2cccc(c2)-c2ncccc2C(=O)N1. The minimum Gasteiger partial charge on any atom is -0.493 e. The summed E-state index contributed by atoms with van der Waals surface area (Å²) >= 11 is 0. The highest BCUT2D eigenvalue weighted by atomic mass is 16.5. The summed E-state index contributed by atoms with van der Waals surface area (Å²) < 4.78 is 5.88. The molecule has 2 heterocycles. The largest absolute Gasteiger partial charge is 0.493 e. The summed E-state index contributed by atoms with van der Waals surface area (Å²) in [6.07, 6.45) is 7.71. The maximum Gasteiger partial charge on any atom is 0.254 e. The monoisotopic (exact) mass is 398 g/mol. The number of carbonyl (C=O) groups is 2. The fourth-order valence-electron chi connectivity index (χ4n) is 3.47. The van der Waals surface area contributed by atoms with Crippen molar-refractivity contribution in [2.75, 3.05) is 6.61 Å². The highest BCUT2D eigenvalue weighted by Crippen LogP contribution is 2.25. The molecule has 1 unspecified atom stereocenters. The van der Waals surface area contributed by atoms with Crippen LogP contribution in [0.5, 0.6) is 5.75 Å². The van der Waals surface area contributed by atoms with Crippen LogP contribution in [0.15, 0.2) is 72.9 Å². The summed E-state index contributed by atoms with van der Waals surface area (Å²) in [5.41, 5.74) is 3.78. The maximum absolute atomic E-state index is 13.0. The molecule has 1 amide bonds. The highest BCUT2D eigenvalue weighted by Gasteiger charge is 2.18.